The summed E-state index contributed by atoms with van der Waals surface area (Å²) in [4.78, 5) is 12.6. The third-order valence-electron chi connectivity index (χ3n) is 3.53. The quantitative estimate of drug-likeness (QED) is 0.808. The van der Waals surface area contributed by atoms with E-state index in [1.54, 1.807) is 6.07 Å². The molecule has 0 unspecified atom stereocenters. The minimum absolute atomic E-state index is 0.0855. The molecular formula is C12H17N3O2S. The molecule has 18 heavy (non-hydrogen) atoms. The van der Waals surface area contributed by atoms with E-state index in [2.05, 4.69) is 10.5 Å². The molecule has 0 aromatic carbocycles. The van der Waals surface area contributed by atoms with Gasteiger partial charge in [0.05, 0.1) is 16.9 Å². The fourth-order valence-corrected chi connectivity index (χ4v) is 2.71. The first-order chi connectivity index (χ1) is 8.65. The number of nitrogens with one attached hydrogen (secondary N) is 1. The highest BCUT2D eigenvalue weighted by Gasteiger charge is 2.42. The van der Waals surface area contributed by atoms with Crippen molar-refractivity contribution in [2.75, 3.05) is 0 Å². The summed E-state index contributed by atoms with van der Waals surface area (Å²) in [7, 11) is 0. The number of nitrogens with zero attached hydrogens (tertiary/aromatic N) is 1. The lowest BCUT2D eigenvalue weighted by Gasteiger charge is -2.34. The highest BCUT2D eigenvalue weighted by atomic mass is 32.1. The number of hydrogen-bond acceptors (Lipinski definition) is 4. The number of carbonyl (C=O) groups is 1. The lowest BCUT2D eigenvalue weighted by Crippen LogP contribution is -2.49. The number of amides is 1. The van der Waals surface area contributed by atoms with Crippen LogP contribution in [0.4, 0.5) is 0 Å². The second-order valence-corrected chi connectivity index (χ2v) is 5.12. The van der Waals surface area contributed by atoms with E-state index in [0.717, 1.165) is 32.1 Å². The van der Waals surface area contributed by atoms with Crippen molar-refractivity contribution in [1.82, 2.24) is 10.5 Å². The Morgan fingerprint density at radius 2 is 2.22 bits per heavy atom. The highest BCUT2D eigenvalue weighted by Crippen LogP contribution is 2.36. The van der Waals surface area contributed by atoms with Gasteiger partial charge < -0.3 is 15.6 Å². The van der Waals surface area contributed by atoms with Gasteiger partial charge in [0.1, 0.15) is 12.0 Å². The molecule has 0 saturated heterocycles. The van der Waals surface area contributed by atoms with Gasteiger partial charge in [-0.05, 0) is 12.8 Å². The zero-order valence-electron chi connectivity index (χ0n) is 10.1. The largest absolute Gasteiger partial charge is 0.392 e. The van der Waals surface area contributed by atoms with Crippen molar-refractivity contribution in [3.63, 3.8) is 0 Å². The van der Waals surface area contributed by atoms with Crippen molar-refractivity contribution >= 4 is 23.1 Å². The summed E-state index contributed by atoms with van der Waals surface area (Å²) in [6, 6.07) is 1.72. The maximum atomic E-state index is 12.3. The van der Waals surface area contributed by atoms with Crippen molar-refractivity contribution in [3.05, 3.63) is 18.0 Å². The van der Waals surface area contributed by atoms with Crippen LogP contribution in [0, 0.1) is 5.41 Å². The van der Waals surface area contributed by atoms with Gasteiger partial charge in [-0.1, -0.05) is 36.6 Å². The van der Waals surface area contributed by atoms with Crippen molar-refractivity contribution in [2.24, 2.45) is 11.1 Å². The SMILES string of the molecule is NC(=S)C1(C(=O)NCc2ccon2)CCCCC1. The summed E-state index contributed by atoms with van der Waals surface area (Å²) in [6.45, 7) is 0.347. The highest BCUT2D eigenvalue weighted by molar-refractivity contribution is 7.80. The smallest absolute Gasteiger partial charge is 0.233 e. The Balaban J connectivity index is 2.02. The van der Waals surface area contributed by atoms with Crippen LogP contribution in [0.25, 0.3) is 0 Å². The van der Waals surface area contributed by atoms with Gasteiger partial charge in [-0.15, -0.1) is 0 Å². The normalized spacial score (nSPS) is 18.2. The van der Waals surface area contributed by atoms with E-state index >= 15 is 0 Å². The molecule has 1 heterocycles. The van der Waals surface area contributed by atoms with E-state index in [0.29, 0.717) is 17.2 Å². The standard InChI is InChI=1S/C12H17N3O2S/c13-10(18)12(5-2-1-3-6-12)11(16)14-8-9-4-7-17-15-9/h4,7H,1-3,5-6,8H2,(H2,13,18)(H,14,16). The molecule has 0 atom stereocenters. The van der Waals surface area contributed by atoms with Crippen molar-refractivity contribution in [2.45, 2.75) is 38.6 Å². The Kier molecular flexibility index (Phi) is 3.96. The predicted molar refractivity (Wildman–Crippen MR) is 70.7 cm³/mol. The minimum atomic E-state index is -0.669. The number of rotatable bonds is 4. The van der Waals surface area contributed by atoms with Crippen molar-refractivity contribution in [1.29, 1.82) is 0 Å². The molecule has 98 valence electrons. The zero-order valence-corrected chi connectivity index (χ0v) is 11.0. The first kappa shape index (κ1) is 13.0. The van der Waals surface area contributed by atoms with E-state index in [4.69, 9.17) is 22.5 Å². The minimum Gasteiger partial charge on any atom is -0.392 e. The van der Waals surface area contributed by atoms with Crippen molar-refractivity contribution < 1.29 is 9.32 Å². The van der Waals surface area contributed by atoms with Crippen LogP contribution in [-0.4, -0.2) is 16.1 Å². The van der Waals surface area contributed by atoms with E-state index in [1.165, 1.54) is 6.26 Å². The number of carbonyl (C=O) groups excluding carboxylic acids is 1. The topological polar surface area (TPSA) is 81.2 Å². The first-order valence-corrected chi connectivity index (χ1v) is 6.53. The second-order valence-electron chi connectivity index (χ2n) is 4.68. The lowest BCUT2D eigenvalue weighted by molar-refractivity contribution is -0.129. The van der Waals surface area contributed by atoms with E-state index < -0.39 is 5.41 Å². The van der Waals surface area contributed by atoms with Gasteiger partial charge in [-0.3, -0.25) is 4.79 Å². The fourth-order valence-electron chi connectivity index (χ4n) is 2.41. The molecule has 3 N–H and O–H groups in total. The summed E-state index contributed by atoms with van der Waals surface area (Å²) in [5.74, 6) is -0.0855. The van der Waals surface area contributed by atoms with Crippen LogP contribution < -0.4 is 11.1 Å². The lowest BCUT2D eigenvalue weighted by atomic mass is 9.73. The Labute approximate surface area is 111 Å². The van der Waals surface area contributed by atoms with Crippen LogP contribution in [0.2, 0.25) is 0 Å². The van der Waals surface area contributed by atoms with Gasteiger partial charge in [0, 0.05) is 6.07 Å². The van der Waals surface area contributed by atoms with Crippen LogP contribution >= 0.6 is 12.2 Å². The van der Waals surface area contributed by atoms with Gasteiger partial charge in [0.15, 0.2) is 0 Å². The molecule has 1 fully saturated rings. The number of aromatic nitrogens is 1. The summed E-state index contributed by atoms with van der Waals surface area (Å²) in [5.41, 5.74) is 5.81. The summed E-state index contributed by atoms with van der Waals surface area (Å²) in [6.07, 6.45) is 6.09. The first-order valence-electron chi connectivity index (χ1n) is 6.13. The van der Waals surface area contributed by atoms with E-state index in [-0.39, 0.29) is 5.91 Å². The molecule has 0 radical (unpaired) electrons. The molecule has 1 saturated carbocycles. The molecule has 1 aliphatic carbocycles. The molecule has 0 bridgehead atoms. The summed E-state index contributed by atoms with van der Waals surface area (Å²) >= 11 is 5.10. The average Bonchev–Trinajstić information content (AvgIpc) is 2.89. The number of hydrogen-bond donors (Lipinski definition) is 2. The van der Waals surface area contributed by atoms with Gasteiger partial charge >= 0.3 is 0 Å². The van der Waals surface area contributed by atoms with Gasteiger partial charge in [-0.2, -0.15) is 0 Å². The van der Waals surface area contributed by atoms with Gasteiger partial charge in [0.2, 0.25) is 5.91 Å². The second kappa shape index (κ2) is 5.48. The maximum absolute atomic E-state index is 12.3. The van der Waals surface area contributed by atoms with Crippen LogP contribution in [0.3, 0.4) is 0 Å². The van der Waals surface area contributed by atoms with Crippen LogP contribution in [0.1, 0.15) is 37.8 Å². The third kappa shape index (κ3) is 2.53. The Morgan fingerprint density at radius 1 is 1.50 bits per heavy atom. The monoisotopic (exact) mass is 267 g/mol. The van der Waals surface area contributed by atoms with Gasteiger partial charge in [0.25, 0.3) is 0 Å². The molecule has 1 aliphatic rings. The Hall–Kier alpha value is -1.43. The van der Waals surface area contributed by atoms with E-state index in [9.17, 15) is 4.79 Å². The predicted octanol–water partition coefficient (Wildman–Crippen LogP) is 1.53. The summed E-state index contributed by atoms with van der Waals surface area (Å²) < 4.78 is 4.71. The molecule has 1 aromatic heterocycles. The van der Waals surface area contributed by atoms with Crippen LogP contribution in [-0.2, 0) is 11.3 Å². The van der Waals surface area contributed by atoms with Crippen molar-refractivity contribution in [3.8, 4) is 0 Å². The molecule has 1 aromatic rings. The number of nitrogens with two attached hydrogens (primary N) is 1. The van der Waals surface area contributed by atoms with Crippen LogP contribution in [0.15, 0.2) is 16.9 Å². The zero-order chi connectivity index (χ0) is 13.0. The average molecular weight is 267 g/mol. The van der Waals surface area contributed by atoms with Crippen LogP contribution in [0.5, 0.6) is 0 Å². The Morgan fingerprint density at radius 3 is 2.78 bits per heavy atom. The Bertz CT molecular complexity index is 425. The molecule has 6 heteroatoms. The third-order valence-corrected chi connectivity index (χ3v) is 3.93. The molecule has 1 amide bonds. The fraction of sp³-hybridized carbons (Fsp3) is 0.583. The molecule has 0 spiro atoms. The molecule has 2 rings (SSSR count). The molecular weight excluding hydrogens is 250 g/mol. The summed E-state index contributed by atoms with van der Waals surface area (Å²) in [5, 5.41) is 6.60. The molecule has 5 nitrogen and oxygen atoms in total. The number of thiocarbonyl (C=S) groups is 1. The van der Waals surface area contributed by atoms with E-state index in [1.807, 2.05) is 0 Å². The van der Waals surface area contributed by atoms with Gasteiger partial charge in [-0.25, -0.2) is 0 Å². The maximum Gasteiger partial charge on any atom is 0.233 e. The molecule has 0 aliphatic heterocycles.